The molecule has 3 N–H and O–H groups in total. The number of aliphatic hydroxyl groups is 1. The molecular weight excluding hydrogens is 536 g/mol. The zero-order valence-electron chi connectivity index (χ0n) is 20.6. The Morgan fingerprint density at radius 1 is 1.13 bits per heavy atom. The third-order valence-electron chi connectivity index (χ3n) is 6.50. The number of fused-ring (bicyclic) bond motifs is 2. The number of nitrogens with zero attached hydrogens (tertiary/aromatic N) is 5. The van der Waals surface area contributed by atoms with E-state index in [4.69, 9.17) is 10.5 Å². The van der Waals surface area contributed by atoms with E-state index in [9.17, 15) is 14.7 Å². The van der Waals surface area contributed by atoms with Crippen molar-refractivity contribution in [3.05, 3.63) is 101 Å². The number of rotatable bonds is 8. The van der Waals surface area contributed by atoms with E-state index < -0.39 is 18.1 Å². The van der Waals surface area contributed by atoms with Crippen LogP contribution in [-0.2, 0) is 20.9 Å². The zero-order chi connectivity index (χ0) is 26.9. The van der Waals surface area contributed by atoms with Crippen molar-refractivity contribution >= 4 is 41.2 Å². The van der Waals surface area contributed by atoms with Crippen LogP contribution in [0.25, 0.3) is 5.78 Å². The predicted molar refractivity (Wildman–Crippen MR) is 146 cm³/mol. The summed E-state index contributed by atoms with van der Waals surface area (Å²) >= 11 is 2.97. The van der Waals surface area contributed by atoms with Crippen LogP contribution in [0.5, 0.6) is 0 Å². The van der Waals surface area contributed by atoms with Crippen LogP contribution in [0.1, 0.15) is 23.1 Å². The molecule has 1 amide bonds. The number of hydrogen-bond acceptors (Lipinski definition) is 10. The molecule has 2 aliphatic rings. The van der Waals surface area contributed by atoms with Crippen LogP contribution in [-0.4, -0.2) is 64.4 Å². The van der Waals surface area contributed by atoms with Crippen LogP contribution < -0.4 is 5.73 Å². The van der Waals surface area contributed by atoms with Crippen LogP contribution in [0.2, 0.25) is 0 Å². The molecule has 0 aliphatic carbocycles. The van der Waals surface area contributed by atoms with Crippen molar-refractivity contribution in [2.24, 2.45) is 5.73 Å². The van der Waals surface area contributed by atoms with E-state index in [1.54, 1.807) is 16.8 Å². The monoisotopic (exact) mass is 560 g/mol. The number of carbonyl (C=O) groups excluding carboxylic acids is 2. The Morgan fingerprint density at radius 2 is 1.82 bits per heavy atom. The first-order valence-electron chi connectivity index (χ1n) is 12.2. The highest BCUT2D eigenvalue weighted by atomic mass is 32.2. The topological polar surface area (TPSA) is 136 Å². The van der Waals surface area contributed by atoms with Gasteiger partial charge in [0.1, 0.15) is 28.7 Å². The smallest absolute Gasteiger partial charge is 0.356 e. The van der Waals surface area contributed by atoms with Crippen LogP contribution in [0.15, 0.2) is 89.2 Å². The first-order valence-corrected chi connectivity index (χ1v) is 14.3. The molecule has 1 saturated heterocycles. The fourth-order valence-electron chi connectivity index (χ4n) is 4.58. The lowest BCUT2D eigenvalue weighted by atomic mass is 10.0. The van der Waals surface area contributed by atoms with Crippen molar-refractivity contribution in [3.8, 4) is 0 Å². The van der Waals surface area contributed by atoms with E-state index in [-0.39, 0.29) is 29.4 Å². The van der Waals surface area contributed by atoms with E-state index in [1.165, 1.54) is 28.4 Å². The Kier molecular flexibility index (Phi) is 7.09. The molecule has 2 aromatic heterocycles. The number of esters is 1. The Labute approximate surface area is 232 Å². The Bertz CT molecular complexity index is 1520. The normalized spacial score (nSPS) is 18.8. The van der Waals surface area contributed by atoms with Crippen LogP contribution in [0, 0.1) is 0 Å². The lowest BCUT2D eigenvalue weighted by Crippen LogP contribution is -2.68. The summed E-state index contributed by atoms with van der Waals surface area (Å²) in [4.78, 5) is 36.6. The molecule has 10 nitrogen and oxygen atoms in total. The summed E-state index contributed by atoms with van der Waals surface area (Å²) < 4.78 is 7.71. The first-order chi connectivity index (χ1) is 19.0. The van der Waals surface area contributed by atoms with E-state index >= 15 is 0 Å². The summed E-state index contributed by atoms with van der Waals surface area (Å²) in [6.07, 6.45) is 0.969. The molecule has 2 aromatic carbocycles. The number of carbonyl (C=O) groups is 2. The number of thioether (sulfide) groups is 2. The van der Waals surface area contributed by atoms with Gasteiger partial charge in [-0.3, -0.25) is 9.69 Å². The van der Waals surface area contributed by atoms with Gasteiger partial charge in [0.05, 0.1) is 0 Å². The van der Waals surface area contributed by atoms with Gasteiger partial charge in [-0.05, 0) is 22.8 Å². The highest BCUT2D eigenvalue weighted by Gasteiger charge is 2.52. The molecule has 2 atom stereocenters. The third-order valence-corrected chi connectivity index (χ3v) is 8.96. The summed E-state index contributed by atoms with van der Waals surface area (Å²) in [5.41, 5.74) is 8.73. The lowest BCUT2D eigenvalue weighted by Gasteiger charge is -2.48. The van der Waals surface area contributed by atoms with Crippen molar-refractivity contribution < 1.29 is 19.4 Å². The van der Waals surface area contributed by atoms with Crippen molar-refractivity contribution in [1.29, 1.82) is 0 Å². The number of β-lactam (4-membered cyclic amide) rings is 1. The van der Waals surface area contributed by atoms with Crippen molar-refractivity contribution in [3.63, 3.8) is 0 Å². The standard InChI is InChI=1S/C27H24N6O4S2/c28-21-24(35)32-22(26(36)37-23(16-7-3-1-4-8-16)17-9-5-2-6-10-17)18(15-39-25(21)32)14-38-20-11-12-29-27-30-19(13-34)31-33(20)27/h1-12,21,23,25,34H,13-15,28H2/t21?,25-/m0/s1. The highest BCUT2D eigenvalue weighted by molar-refractivity contribution is 8.01. The molecule has 0 saturated carbocycles. The Morgan fingerprint density at radius 3 is 2.49 bits per heavy atom. The number of aliphatic hydroxyl groups excluding tert-OH is 1. The molecule has 12 heteroatoms. The van der Waals surface area contributed by atoms with Gasteiger partial charge in [0.2, 0.25) is 5.91 Å². The van der Waals surface area contributed by atoms with E-state index in [0.717, 1.165) is 21.7 Å². The molecular formula is C27H24N6O4S2. The molecule has 1 unspecified atom stereocenters. The van der Waals surface area contributed by atoms with Gasteiger partial charge in [0.15, 0.2) is 11.9 Å². The minimum Gasteiger partial charge on any atom is -0.448 e. The second kappa shape index (κ2) is 10.8. The maximum atomic E-state index is 13.9. The number of amides is 1. The number of ether oxygens (including phenoxy) is 1. The summed E-state index contributed by atoms with van der Waals surface area (Å²) in [6, 6.07) is 20.2. The summed E-state index contributed by atoms with van der Waals surface area (Å²) in [5, 5.41) is 14.1. The van der Waals surface area contributed by atoms with Gasteiger partial charge in [-0.2, -0.15) is 9.50 Å². The van der Waals surface area contributed by atoms with Gasteiger partial charge in [0, 0.05) is 17.7 Å². The summed E-state index contributed by atoms with van der Waals surface area (Å²) in [7, 11) is 0. The summed E-state index contributed by atoms with van der Waals surface area (Å²) in [5.74, 6) is 0.688. The van der Waals surface area contributed by atoms with Gasteiger partial charge in [-0.25, -0.2) is 9.78 Å². The van der Waals surface area contributed by atoms with Gasteiger partial charge in [-0.1, -0.05) is 60.7 Å². The Hall–Kier alpha value is -3.71. The zero-order valence-corrected chi connectivity index (χ0v) is 22.2. The molecule has 198 valence electrons. The van der Waals surface area contributed by atoms with Gasteiger partial charge in [0.25, 0.3) is 5.78 Å². The van der Waals surface area contributed by atoms with Crippen molar-refractivity contribution in [2.45, 2.75) is 29.2 Å². The van der Waals surface area contributed by atoms with E-state index in [1.807, 2.05) is 60.7 Å². The van der Waals surface area contributed by atoms with Gasteiger partial charge < -0.3 is 15.6 Å². The minimum atomic E-state index is -0.655. The SMILES string of the molecule is NC1C(=O)N2C(C(=O)OC(c3ccccc3)c3ccccc3)=C(CSc3ccnc4nc(CO)nn34)CS[C@@H]12. The second-order valence-corrected chi connectivity index (χ2v) is 11.1. The lowest BCUT2D eigenvalue weighted by molar-refractivity contribution is -0.153. The fraction of sp³-hybridized carbons (Fsp3) is 0.222. The number of benzene rings is 2. The third kappa shape index (κ3) is 4.80. The molecule has 6 rings (SSSR count). The van der Waals surface area contributed by atoms with Crippen LogP contribution in [0.3, 0.4) is 0 Å². The fourth-order valence-corrected chi connectivity index (χ4v) is 6.96. The predicted octanol–water partition coefficient (Wildman–Crippen LogP) is 2.54. The quantitative estimate of drug-likeness (QED) is 0.143. The molecule has 39 heavy (non-hydrogen) atoms. The molecule has 0 spiro atoms. The van der Waals surface area contributed by atoms with Crippen LogP contribution >= 0.6 is 23.5 Å². The number of hydrogen-bond donors (Lipinski definition) is 2. The van der Waals surface area contributed by atoms with Crippen LogP contribution in [0.4, 0.5) is 0 Å². The minimum absolute atomic E-state index is 0.245. The molecule has 2 aliphatic heterocycles. The first kappa shape index (κ1) is 25.6. The molecule has 4 heterocycles. The molecule has 0 radical (unpaired) electrons. The maximum absolute atomic E-state index is 13.9. The maximum Gasteiger partial charge on any atom is 0.356 e. The summed E-state index contributed by atoms with van der Waals surface area (Å²) in [6.45, 7) is -0.298. The van der Waals surface area contributed by atoms with Crippen molar-refractivity contribution in [2.75, 3.05) is 11.5 Å². The average Bonchev–Trinajstić information content (AvgIpc) is 3.43. The van der Waals surface area contributed by atoms with Crippen molar-refractivity contribution in [1.82, 2.24) is 24.5 Å². The molecule has 4 aromatic rings. The largest absolute Gasteiger partial charge is 0.448 e. The molecule has 0 bridgehead atoms. The van der Waals surface area contributed by atoms with Gasteiger partial charge >= 0.3 is 5.97 Å². The Balaban J connectivity index is 1.33. The average molecular weight is 561 g/mol. The second-order valence-electron chi connectivity index (χ2n) is 8.96. The number of aromatic nitrogens is 4. The highest BCUT2D eigenvalue weighted by Crippen LogP contribution is 2.42. The van der Waals surface area contributed by atoms with E-state index in [0.29, 0.717) is 17.3 Å². The number of nitrogens with two attached hydrogens (primary N) is 1. The van der Waals surface area contributed by atoms with E-state index in [2.05, 4.69) is 15.1 Å². The van der Waals surface area contributed by atoms with Gasteiger partial charge in [-0.15, -0.1) is 28.6 Å². The molecule has 1 fully saturated rings.